The van der Waals surface area contributed by atoms with Crippen LogP contribution in [0.3, 0.4) is 0 Å². The van der Waals surface area contributed by atoms with Gasteiger partial charge in [0.25, 0.3) is 5.91 Å². The van der Waals surface area contributed by atoms with E-state index in [0.717, 1.165) is 6.26 Å². The van der Waals surface area contributed by atoms with Crippen LogP contribution in [0.5, 0.6) is 0 Å². The average molecular weight is 347 g/mol. The zero-order chi connectivity index (χ0) is 17.7. The maximum atomic E-state index is 12.0. The number of anilines is 1. The monoisotopic (exact) mass is 347 g/mol. The van der Waals surface area contributed by atoms with Gasteiger partial charge in [-0.2, -0.15) is 0 Å². The molecule has 1 amide bonds. The second kappa shape index (κ2) is 7.27. The Morgan fingerprint density at radius 3 is 2.12 bits per heavy atom. The fraction of sp³-hybridized carbons (Fsp3) is 0.176. The van der Waals surface area contributed by atoms with Gasteiger partial charge >= 0.3 is 5.97 Å². The Labute approximate surface area is 140 Å². The van der Waals surface area contributed by atoms with E-state index in [1.165, 1.54) is 31.2 Å². The summed E-state index contributed by atoms with van der Waals surface area (Å²) in [6.45, 7) is 1.46. The lowest BCUT2D eigenvalue weighted by atomic mass is 10.2. The van der Waals surface area contributed by atoms with Crippen LogP contribution in [-0.4, -0.2) is 32.7 Å². The topological polar surface area (TPSA) is 89.5 Å². The molecule has 1 unspecified atom stereocenters. The Morgan fingerprint density at radius 1 is 1.00 bits per heavy atom. The molecule has 0 aliphatic carbocycles. The lowest BCUT2D eigenvalue weighted by Gasteiger charge is -2.13. The molecule has 6 nitrogen and oxygen atoms in total. The number of nitrogens with one attached hydrogen (secondary N) is 1. The fourth-order valence-corrected chi connectivity index (χ4v) is 2.52. The number of amides is 1. The van der Waals surface area contributed by atoms with Crippen LogP contribution >= 0.6 is 0 Å². The highest BCUT2D eigenvalue weighted by Gasteiger charge is 2.19. The van der Waals surface area contributed by atoms with Crippen molar-refractivity contribution in [1.82, 2.24) is 0 Å². The van der Waals surface area contributed by atoms with E-state index in [9.17, 15) is 18.0 Å². The number of carbonyl (C=O) groups is 2. The molecule has 7 heteroatoms. The molecule has 0 fully saturated rings. The Morgan fingerprint density at radius 2 is 1.58 bits per heavy atom. The molecule has 0 spiro atoms. The summed E-state index contributed by atoms with van der Waals surface area (Å²) in [5.74, 6) is -1.16. The van der Waals surface area contributed by atoms with E-state index >= 15 is 0 Å². The van der Waals surface area contributed by atoms with Gasteiger partial charge in [0.2, 0.25) is 0 Å². The summed E-state index contributed by atoms with van der Waals surface area (Å²) in [6, 6.07) is 14.1. The minimum atomic E-state index is -3.33. The Balaban J connectivity index is 1.99. The molecule has 0 saturated carbocycles. The lowest BCUT2D eigenvalue weighted by molar-refractivity contribution is -0.123. The summed E-state index contributed by atoms with van der Waals surface area (Å²) in [6.07, 6.45) is 0.0864. The summed E-state index contributed by atoms with van der Waals surface area (Å²) in [5.41, 5.74) is 0.768. The molecule has 0 aromatic heterocycles. The number of benzene rings is 2. The van der Waals surface area contributed by atoms with Crippen LogP contribution in [0.15, 0.2) is 59.5 Å². The van der Waals surface area contributed by atoms with Gasteiger partial charge in [0.15, 0.2) is 15.9 Å². The average Bonchev–Trinajstić information content (AvgIpc) is 2.55. The zero-order valence-electron chi connectivity index (χ0n) is 13.2. The number of carbonyl (C=O) groups excluding carboxylic acids is 2. The van der Waals surface area contributed by atoms with Crippen LogP contribution in [0, 0.1) is 0 Å². The van der Waals surface area contributed by atoms with Crippen molar-refractivity contribution >= 4 is 27.4 Å². The number of sulfone groups is 1. The quantitative estimate of drug-likeness (QED) is 0.838. The fourth-order valence-electron chi connectivity index (χ4n) is 1.89. The Bertz CT molecular complexity index is 829. The maximum absolute atomic E-state index is 12.0. The number of hydrogen-bond donors (Lipinski definition) is 1. The molecule has 2 rings (SSSR count). The standard InChI is InChI=1S/C17H17NO5S/c1-12(16(19)18-14-6-4-3-5-7-14)23-17(20)13-8-10-15(11-9-13)24(2,21)22/h3-12H,1-2H3,(H,18,19). The Kier molecular flexibility index (Phi) is 5.35. The highest BCUT2D eigenvalue weighted by Crippen LogP contribution is 2.12. The molecule has 1 N–H and O–H groups in total. The van der Waals surface area contributed by atoms with Crippen LogP contribution < -0.4 is 5.32 Å². The lowest BCUT2D eigenvalue weighted by Crippen LogP contribution is -2.30. The first-order valence-electron chi connectivity index (χ1n) is 7.14. The Hall–Kier alpha value is -2.67. The SMILES string of the molecule is CC(OC(=O)c1ccc(S(C)(=O)=O)cc1)C(=O)Nc1ccccc1. The normalized spacial score (nSPS) is 12.2. The van der Waals surface area contributed by atoms with E-state index in [1.807, 2.05) is 6.07 Å². The number of hydrogen-bond acceptors (Lipinski definition) is 5. The molecule has 0 aliphatic heterocycles. The van der Waals surface area contributed by atoms with Crippen LogP contribution in [0.2, 0.25) is 0 Å². The summed E-state index contributed by atoms with van der Waals surface area (Å²) >= 11 is 0. The van der Waals surface area contributed by atoms with Gasteiger partial charge in [0.1, 0.15) is 0 Å². The van der Waals surface area contributed by atoms with E-state index in [-0.39, 0.29) is 10.5 Å². The highest BCUT2D eigenvalue weighted by atomic mass is 32.2. The van der Waals surface area contributed by atoms with Crippen molar-refractivity contribution in [1.29, 1.82) is 0 Å². The minimum Gasteiger partial charge on any atom is -0.449 e. The molecule has 0 saturated heterocycles. The first-order valence-corrected chi connectivity index (χ1v) is 9.03. The van der Waals surface area contributed by atoms with E-state index < -0.39 is 27.8 Å². The second-order valence-electron chi connectivity index (χ2n) is 5.20. The van der Waals surface area contributed by atoms with Crippen molar-refractivity contribution in [3.63, 3.8) is 0 Å². The van der Waals surface area contributed by atoms with Crippen molar-refractivity contribution in [2.75, 3.05) is 11.6 Å². The molecular formula is C17H17NO5S. The largest absolute Gasteiger partial charge is 0.449 e. The highest BCUT2D eigenvalue weighted by molar-refractivity contribution is 7.90. The molecule has 126 valence electrons. The van der Waals surface area contributed by atoms with Gasteiger partial charge < -0.3 is 10.1 Å². The van der Waals surface area contributed by atoms with Gasteiger partial charge in [0, 0.05) is 11.9 Å². The molecule has 2 aromatic rings. The van der Waals surface area contributed by atoms with E-state index in [4.69, 9.17) is 4.74 Å². The number of ether oxygens (including phenoxy) is 1. The van der Waals surface area contributed by atoms with Crippen molar-refractivity contribution in [2.24, 2.45) is 0 Å². The molecule has 0 radical (unpaired) electrons. The van der Waals surface area contributed by atoms with Crippen LogP contribution in [-0.2, 0) is 19.4 Å². The summed E-state index contributed by atoms with van der Waals surface area (Å²) in [5, 5.41) is 2.63. The third-order valence-electron chi connectivity index (χ3n) is 3.21. The smallest absolute Gasteiger partial charge is 0.338 e. The molecule has 1 atom stereocenters. The third kappa shape index (κ3) is 4.66. The first-order chi connectivity index (χ1) is 11.3. The first kappa shape index (κ1) is 17.7. The van der Waals surface area contributed by atoms with Crippen molar-refractivity contribution in [3.8, 4) is 0 Å². The van der Waals surface area contributed by atoms with E-state index in [1.54, 1.807) is 24.3 Å². The summed E-state index contributed by atoms with van der Waals surface area (Å²) < 4.78 is 27.9. The number of rotatable bonds is 5. The van der Waals surface area contributed by atoms with Crippen LogP contribution in [0.1, 0.15) is 17.3 Å². The van der Waals surface area contributed by atoms with E-state index in [2.05, 4.69) is 5.32 Å². The van der Waals surface area contributed by atoms with Crippen molar-refractivity contribution in [2.45, 2.75) is 17.9 Å². The molecular weight excluding hydrogens is 330 g/mol. The zero-order valence-corrected chi connectivity index (χ0v) is 14.0. The van der Waals surface area contributed by atoms with E-state index in [0.29, 0.717) is 5.69 Å². The summed E-state index contributed by atoms with van der Waals surface area (Å²) in [7, 11) is -3.33. The molecule has 0 bridgehead atoms. The van der Waals surface area contributed by atoms with Crippen LogP contribution in [0.25, 0.3) is 0 Å². The predicted molar refractivity (Wildman–Crippen MR) is 89.5 cm³/mol. The van der Waals surface area contributed by atoms with Gasteiger partial charge in [-0.1, -0.05) is 18.2 Å². The van der Waals surface area contributed by atoms with Crippen molar-refractivity contribution < 1.29 is 22.7 Å². The maximum Gasteiger partial charge on any atom is 0.338 e. The van der Waals surface area contributed by atoms with Gasteiger partial charge in [-0.05, 0) is 43.3 Å². The van der Waals surface area contributed by atoms with Gasteiger partial charge in [-0.15, -0.1) is 0 Å². The third-order valence-corrected chi connectivity index (χ3v) is 4.34. The number of esters is 1. The predicted octanol–water partition coefficient (Wildman–Crippen LogP) is 2.27. The number of para-hydroxylation sites is 1. The molecule has 24 heavy (non-hydrogen) atoms. The molecule has 2 aromatic carbocycles. The summed E-state index contributed by atoms with van der Waals surface area (Å²) in [4.78, 5) is 24.1. The van der Waals surface area contributed by atoms with Crippen LogP contribution in [0.4, 0.5) is 5.69 Å². The van der Waals surface area contributed by atoms with Gasteiger partial charge in [-0.25, -0.2) is 13.2 Å². The second-order valence-corrected chi connectivity index (χ2v) is 7.22. The van der Waals surface area contributed by atoms with Gasteiger partial charge in [0.05, 0.1) is 10.5 Å². The molecule has 0 heterocycles. The minimum absolute atomic E-state index is 0.105. The molecule has 0 aliphatic rings. The van der Waals surface area contributed by atoms with Crippen molar-refractivity contribution in [3.05, 3.63) is 60.2 Å². The van der Waals surface area contributed by atoms with Gasteiger partial charge in [-0.3, -0.25) is 4.79 Å².